The van der Waals surface area contributed by atoms with Crippen LogP contribution in [-0.2, 0) is 29.1 Å². The number of hydrogen-bond acceptors (Lipinski definition) is 2. The molecule has 0 spiro atoms. The first-order valence-electron chi connectivity index (χ1n) is 10.7. The molecule has 2 aliphatic rings. The number of halogens is 2. The van der Waals surface area contributed by atoms with Crippen molar-refractivity contribution in [3.05, 3.63) is 105 Å². The quantitative estimate of drug-likeness (QED) is 0.432. The van der Waals surface area contributed by atoms with E-state index in [1.807, 2.05) is 12.1 Å². The van der Waals surface area contributed by atoms with Gasteiger partial charge in [0.2, 0.25) is 0 Å². The Morgan fingerprint density at radius 2 is 1.69 bits per heavy atom. The molecule has 0 aliphatic heterocycles. The van der Waals surface area contributed by atoms with Crippen LogP contribution in [0.5, 0.6) is 0 Å². The lowest BCUT2D eigenvalue weighted by Gasteiger charge is -2.27. The van der Waals surface area contributed by atoms with Crippen LogP contribution < -0.4 is 0 Å². The highest BCUT2D eigenvalue weighted by Gasteiger charge is 2.28. The van der Waals surface area contributed by atoms with Gasteiger partial charge in [0, 0.05) is 0 Å². The second kappa shape index (κ2) is 8.34. The van der Waals surface area contributed by atoms with E-state index in [4.69, 9.17) is 11.6 Å². The number of hydrogen-bond donors (Lipinski definition) is 0. The maximum absolute atomic E-state index is 13.3. The molecular formula is C27H22ClFO2S. The smallest absolute Gasteiger partial charge is 0.182 e. The van der Waals surface area contributed by atoms with E-state index in [0.29, 0.717) is 10.5 Å². The zero-order valence-corrected chi connectivity index (χ0v) is 19.0. The van der Waals surface area contributed by atoms with Gasteiger partial charge in [-0.1, -0.05) is 72.3 Å². The van der Waals surface area contributed by atoms with Crippen molar-refractivity contribution in [2.45, 2.75) is 25.7 Å². The molecule has 32 heavy (non-hydrogen) atoms. The van der Waals surface area contributed by atoms with E-state index in [1.165, 1.54) is 39.9 Å². The summed E-state index contributed by atoms with van der Waals surface area (Å²) < 4.78 is 39.8. The summed E-state index contributed by atoms with van der Waals surface area (Å²) in [5, 5.41) is 0.0188. The van der Waals surface area contributed by atoms with Gasteiger partial charge in [0.15, 0.2) is 9.84 Å². The van der Waals surface area contributed by atoms with Crippen LogP contribution >= 0.6 is 11.6 Å². The molecule has 0 bridgehead atoms. The molecule has 0 amide bonds. The van der Waals surface area contributed by atoms with Crippen molar-refractivity contribution in [3.8, 4) is 11.1 Å². The summed E-state index contributed by atoms with van der Waals surface area (Å²) in [6, 6.07) is 16.9. The fraction of sp³-hybridized carbons (Fsp3) is 0.185. The van der Waals surface area contributed by atoms with Crippen molar-refractivity contribution >= 4 is 32.4 Å². The zero-order chi connectivity index (χ0) is 22.3. The van der Waals surface area contributed by atoms with Gasteiger partial charge >= 0.3 is 0 Å². The number of allylic oxidation sites excluding steroid dienone is 1. The number of aryl methyl sites for hydroxylation is 1. The van der Waals surface area contributed by atoms with Crippen molar-refractivity contribution < 1.29 is 12.8 Å². The first-order chi connectivity index (χ1) is 15.4. The number of benzene rings is 3. The molecule has 0 unspecified atom stereocenters. The highest BCUT2D eigenvalue weighted by molar-refractivity contribution is 8.00. The predicted molar refractivity (Wildman–Crippen MR) is 130 cm³/mol. The summed E-state index contributed by atoms with van der Waals surface area (Å²) in [6.45, 7) is 0. The van der Waals surface area contributed by atoms with E-state index in [9.17, 15) is 12.8 Å². The van der Waals surface area contributed by atoms with Crippen molar-refractivity contribution in [1.82, 2.24) is 0 Å². The lowest BCUT2D eigenvalue weighted by Crippen LogP contribution is -2.15. The Kier molecular flexibility index (Phi) is 5.52. The number of sulfone groups is 1. The Morgan fingerprint density at radius 1 is 0.906 bits per heavy atom. The highest BCUT2D eigenvalue weighted by atomic mass is 35.5. The van der Waals surface area contributed by atoms with Crippen molar-refractivity contribution in [1.29, 1.82) is 0 Å². The number of rotatable bonds is 4. The third-order valence-corrected chi connectivity index (χ3v) is 8.25. The summed E-state index contributed by atoms with van der Waals surface area (Å²) in [7, 11) is -3.50. The molecule has 5 heteroatoms. The molecule has 0 heterocycles. The first-order valence-corrected chi connectivity index (χ1v) is 12.7. The molecule has 3 aromatic rings. The Balaban J connectivity index is 1.45. The van der Waals surface area contributed by atoms with E-state index < -0.39 is 15.7 Å². The molecule has 2 aliphatic carbocycles. The molecule has 0 saturated carbocycles. The molecule has 3 aromatic carbocycles. The Morgan fingerprint density at radius 3 is 2.53 bits per heavy atom. The van der Waals surface area contributed by atoms with Gasteiger partial charge in [-0.15, -0.1) is 0 Å². The molecule has 0 N–H and O–H groups in total. The fourth-order valence-corrected chi connectivity index (χ4v) is 6.39. The highest BCUT2D eigenvalue weighted by Crippen LogP contribution is 2.41. The number of fused-ring (bicyclic) bond motifs is 5. The monoisotopic (exact) mass is 464 g/mol. The second-order valence-electron chi connectivity index (χ2n) is 8.24. The summed E-state index contributed by atoms with van der Waals surface area (Å²) >= 11 is 5.81. The van der Waals surface area contributed by atoms with E-state index in [-0.39, 0.29) is 10.8 Å². The van der Waals surface area contributed by atoms with Crippen LogP contribution in [0.15, 0.2) is 66.7 Å². The predicted octanol–water partition coefficient (Wildman–Crippen LogP) is 6.66. The van der Waals surface area contributed by atoms with E-state index in [0.717, 1.165) is 31.2 Å². The van der Waals surface area contributed by atoms with E-state index in [1.54, 1.807) is 18.2 Å². The molecule has 0 radical (unpaired) electrons. The van der Waals surface area contributed by atoms with Gasteiger partial charge in [-0.3, -0.25) is 0 Å². The van der Waals surface area contributed by atoms with Gasteiger partial charge in [-0.25, -0.2) is 12.8 Å². The average Bonchev–Trinajstić information content (AvgIpc) is 2.80. The van der Waals surface area contributed by atoms with Gasteiger partial charge in [0.25, 0.3) is 0 Å². The Hall–Kier alpha value is -2.69. The van der Waals surface area contributed by atoms with Gasteiger partial charge in [0.1, 0.15) is 5.82 Å². The Labute approximate surface area is 193 Å². The SMILES string of the molecule is O=S(=O)(CC=Cc1ccc(F)c(Cl)c1)C1=CCCc2c1ccc1c2CCc2ccccc2-1. The first kappa shape index (κ1) is 21.2. The van der Waals surface area contributed by atoms with Gasteiger partial charge in [-0.2, -0.15) is 0 Å². The maximum atomic E-state index is 13.3. The zero-order valence-electron chi connectivity index (χ0n) is 17.4. The molecule has 0 aromatic heterocycles. The summed E-state index contributed by atoms with van der Waals surface area (Å²) in [5.74, 6) is -0.612. The van der Waals surface area contributed by atoms with Gasteiger partial charge in [0.05, 0.1) is 15.7 Å². The molecule has 5 rings (SSSR count). The minimum Gasteiger partial charge on any atom is -0.223 e. The molecule has 0 saturated heterocycles. The standard InChI is InChI=1S/C27H22ClFO2S/c28-25-17-18(10-15-26(25)29)5-4-16-32(30,31)27-9-3-8-21-23-12-11-19-6-1-2-7-20(19)22(23)13-14-24(21)27/h1-2,4-7,9-10,13-15,17H,3,8,11-12,16H2. The fourth-order valence-electron chi connectivity index (χ4n) is 4.78. The van der Waals surface area contributed by atoms with E-state index >= 15 is 0 Å². The largest absolute Gasteiger partial charge is 0.223 e. The van der Waals surface area contributed by atoms with Crippen LogP contribution in [0.1, 0.15) is 34.2 Å². The van der Waals surface area contributed by atoms with Crippen molar-refractivity contribution in [3.63, 3.8) is 0 Å². The normalized spacial score (nSPS) is 15.1. The lowest BCUT2D eigenvalue weighted by molar-refractivity contribution is 0.608. The minimum absolute atomic E-state index is 0.0188. The van der Waals surface area contributed by atoms with Crippen molar-refractivity contribution in [2.24, 2.45) is 0 Å². The lowest BCUT2D eigenvalue weighted by atomic mass is 9.79. The molecule has 162 valence electrons. The second-order valence-corrected chi connectivity index (χ2v) is 10.6. The third kappa shape index (κ3) is 3.82. The summed E-state index contributed by atoms with van der Waals surface area (Å²) in [6.07, 6.45) is 8.62. The van der Waals surface area contributed by atoms with Crippen LogP contribution in [0.2, 0.25) is 5.02 Å². The Bertz CT molecular complexity index is 1390. The van der Waals surface area contributed by atoms with Gasteiger partial charge in [-0.05, 0) is 76.8 Å². The summed E-state index contributed by atoms with van der Waals surface area (Å²) in [5.41, 5.74) is 7.81. The van der Waals surface area contributed by atoms with Crippen LogP contribution in [0.25, 0.3) is 22.1 Å². The minimum atomic E-state index is -3.50. The molecule has 0 fully saturated rings. The van der Waals surface area contributed by atoms with Crippen molar-refractivity contribution in [2.75, 3.05) is 5.75 Å². The van der Waals surface area contributed by atoms with Crippen LogP contribution in [-0.4, -0.2) is 14.2 Å². The summed E-state index contributed by atoms with van der Waals surface area (Å²) in [4.78, 5) is 0.419. The maximum Gasteiger partial charge on any atom is 0.182 e. The van der Waals surface area contributed by atoms with Crippen LogP contribution in [0.4, 0.5) is 4.39 Å². The van der Waals surface area contributed by atoms with Crippen LogP contribution in [0.3, 0.4) is 0 Å². The molecule has 2 nitrogen and oxygen atoms in total. The van der Waals surface area contributed by atoms with E-state index in [2.05, 4.69) is 30.3 Å². The average molecular weight is 465 g/mol. The topological polar surface area (TPSA) is 34.1 Å². The van der Waals surface area contributed by atoms with Crippen LogP contribution in [0, 0.1) is 5.82 Å². The van der Waals surface area contributed by atoms with Gasteiger partial charge < -0.3 is 0 Å². The third-order valence-electron chi connectivity index (χ3n) is 6.28. The molecule has 0 atom stereocenters. The molecular weight excluding hydrogens is 443 g/mol.